The first-order valence-corrected chi connectivity index (χ1v) is 11.1. The lowest BCUT2D eigenvalue weighted by molar-refractivity contribution is 0.743. The predicted molar refractivity (Wildman–Crippen MR) is 123 cm³/mol. The second-order valence-electron chi connectivity index (χ2n) is 8.41. The normalized spacial score (nSPS) is 15.2. The van der Waals surface area contributed by atoms with Gasteiger partial charge in [0, 0.05) is 25.0 Å². The molecule has 1 aliphatic carbocycles. The van der Waals surface area contributed by atoms with Crippen molar-refractivity contribution in [1.29, 1.82) is 5.26 Å². The molecule has 0 aliphatic heterocycles. The minimum absolute atomic E-state index is 0.150. The molecule has 0 amide bonds. The van der Waals surface area contributed by atoms with Crippen molar-refractivity contribution in [3.63, 3.8) is 0 Å². The zero-order valence-corrected chi connectivity index (χ0v) is 18.1. The number of aromatic nitrogens is 3. The van der Waals surface area contributed by atoms with Crippen molar-refractivity contribution < 1.29 is 0 Å². The highest BCUT2D eigenvalue weighted by molar-refractivity contribution is 5.75. The number of benzene rings is 2. The molecule has 2 heterocycles. The Kier molecular flexibility index (Phi) is 5.03. The van der Waals surface area contributed by atoms with Gasteiger partial charge in [0.1, 0.15) is 11.3 Å². The van der Waals surface area contributed by atoms with Crippen molar-refractivity contribution in [2.45, 2.75) is 52.0 Å². The topological polar surface area (TPSA) is 54.5 Å². The van der Waals surface area contributed by atoms with E-state index in [1.807, 2.05) is 12.3 Å². The number of nitrogens with zero attached hydrogens (tertiary/aromatic N) is 4. The second-order valence-corrected chi connectivity index (χ2v) is 8.41. The van der Waals surface area contributed by atoms with Crippen molar-refractivity contribution in [1.82, 2.24) is 14.5 Å². The molecule has 2 aromatic heterocycles. The number of aryl methyl sites for hydroxylation is 4. The Hall–Kier alpha value is -3.45. The van der Waals surface area contributed by atoms with Gasteiger partial charge in [-0.2, -0.15) is 5.26 Å². The van der Waals surface area contributed by atoms with Crippen LogP contribution >= 0.6 is 0 Å². The van der Waals surface area contributed by atoms with Crippen LogP contribution in [-0.4, -0.2) is 14.5 Å². The maximum atomic E-state index is 9.50. The highest BCUT2D eigenvalue weighted by Gasteiger charge is 2.24. The van der Waals surface area contributed by atoms with Gasteiger partial charge in [0.05, 0.1) is 12.6 Å². The fraction of sp³-hybridized carbons (Fsp3) is 0.296. The predicted octanol–water partition coefficient (Wildman–Crippen LogP) is 5.49. The lowest BCUT2D eigenvalue weighted by atomic mass is 9.85. The Labute approximate surface area is 183 Å². The molecule has 0 bridgehead atoms. The van der Waals surface area contributed by atoms with Crippen LogP contribution in [-0.2, 0) is 25.8 Å². The van der Waals surface area contributed by atoms with E-state index in [9.17, 15) is 5.26 Å². The molecule has 0 fully saturated rings. The third-order valence-electron chi connectivity index (χ3n) is 6.54. The van der Waals surface area contributed by atoms with Crippen LogP contribution in [0.15, 0.2) is 54.7 Å². The van der Waals surface area contributed by atoms with Gasteiger partial charge in [0.2, 0.25) is 0 Å². The number of pyridine rings is 1. The molecule has 2 aromatic carbocycles. The summed E-state index contributed by atoms with van der Waals surface area (Å²) in [5, 5.41) is 9.50. The van der Waals surface area contributed by atoms with E-state index >= 15 is 0 Å². The zero-order chi connectivity index (χ0) is 21.4. The zero-order valence-electron chi connectivity index (χ0n) is 18.1. The van der Waals surface area contributed by atoms with Crippen molar-refractivity contribution in [3.8, 4) is 6.07 Å². The summed E-state index contributed by atoms with van der Waals surface area (Å²) in [4.78, 5) is 9.49. The lowest BCUT2D eigenvalue weighted by Crippen LogP contribution is -2.07. The lowest BCUT2D eigenvalue weighted by Gasteiger charge is -2.18. The fourth-order valence-electron chi connectivity index (χ4n) is 4.97. The van der Waals surface area contributed by atoms with Gasteiger partial charge in [-0.15, -0.1) is 0 Å². The SMILES string of the molecule is CCc1nc2c(C)ccnc2n1Cc1ccc2c(c1)CCc1ccccc1C2CC#N. The molecular weight excluding hydrogens is 380 g/mol. The third kappa shape index (κ3) is 3.41. The van der Waals surface area contributed by atoms with Gasteiger partial charge in [0.25, 0.3) is 0 Å². The monoisotopic (exact) mass is 406 g/mol. The van der Waals surface area contributed by atoms with E-state index < -0.39 is 0 Å². The highest BCUT2D eigenvalue weighted by Crippen LogP contribution is 2.37. The van der Waals surface area contributed by atoms with Crippen LogP contribution in [0.5, 0.6) is 0 Å². The van der Waals surface area contributed by atoms with Gasteiger partial charge in [-0.3, -0.25) is 0 Å². The molecule has 0 saturated heterocycles. The standard InChI is InChI=1S/C27H26N4/c1-3-25-30-26-18(2)13-15-29-27(26)31(25)17-19-8-11-23-21(16-19)10-9-20-6-4-5-7-22(20)24(23)12-14-28/h4-8,11,13,15-16,24H,3,9-10,12,17H2,1-2H3. The third-order valence-corrected chi connectivity index (χ3v) is 6.54. The minimum atomic E-state index is 0.150. The number of fused-ring (bicyclic) bond motifs is 3. The van der Waals surface area contributed by atoms with E-state index in [-0.39, 0.29) is 5.92 Å². The number of hydrogen-bond donors (Lipinski definition) is 0. The van der Waals surface area contributed by atoms with Gasteiger partial charge in [0.15, 0.2) is 5.65 Å². The van der Waals surface area contributed by atoms with E-state index in [1.165, 1.54) is 27.8 Å². The molecular formula is C27H26N4. The quantitative estimate of drug-likeness (QED) is 0.450. The Morgan fingerprint density at radius 3 is 2.71 bits per heavy atom. The summed E-state index contributed by atoms with van der Waals surface area (Å²) in [7, 11) is 0. The average Bonchev–Trinajstić information content (AvgIpc) is 3.07. The first-order chi connectivity index (χ1) is 15.2. The second kappa shape index (κ2) is 8.00. The van der Waals surface area contributed by atoms with E-state index in [0.29, 0.717) is 6.42 Å². The first-order valence-electron chi connectivity index (χ1n) is 11.1. The molecule has 1 unspecified atom stereocenters. The summed E-state index contributed by atoms with van der Waals surface area (Å²) < 4.78 is 2.25. The number of hydrogen-bond acceptors (Lipinski definition) is 3. The Balaban J connectivity index is 1.56. The largest absolute Gasteiger partial charge is 0.308 e. The van der Waals surface area contributed by atoms with Gasteiger partial charge in [-0.05, 0) is 59.2 Å². The molecule has 5 rings (SSSR count). The fourth-order valence-corrected chi connectivity index (χ4v) is 4.97. The van der Waals surface area contributed by atoms with Crippen LogP contribution in [0.25, 0.3) is 11.2 Å². The van der Waals surface area contributed by atoms with Gasteiger partial charge in [-0.25, -0.2) is 9.97 Å². The molecule has 154 valence electrons. The minimum Gasteiger partial charge on any atom is -0.308 e. The number of imidazole rings is 1. The van der Waals surface area contributed by atoms with Crippen LogP contribution in [0.2, 0.25) is 0 Å². The van der Waals surface area contributed by atoms with Crippen molar-refractivity contribution in [2.24, 2.45) is 0 Å². The Bertz CT molecular complexity index is 1310. The van der Waals surface area contributed by atoms with Crippen molar-refractivity contribution >= 4 is 11.2 Å². The smallest absolute Gasteiger partial charge is 0.160 e. The van der Waals surface area contributed by atoms with Crippen LogP contribution in [0.4, 0.5) is 0 Å². The maximum Gasteiger partial charge on any atom is 0.160 e. The van der Waals surface area contributed by atoms with Gasteiger partial charge in [-0.1, -0.05) is 49.4 Å². The average molecular weight is 407 g/mol. The summed E-state index contributed by atoms with van der Waals surface area (Å²) in [6.07, 6.45) is 5.28. The summed E-state index contributed by atoms with van der Waals surface area (Å²) in [5.41, 5.74) is 9.73. The maximum absolute atomic E-state index is 9.50. The van der Waals surface area contributed by atoms with E-state index in [1.54, 1.807) is 0 Å². The van der Waals surface area contributed by atoms with Crippen LogP contribution in [0, 0.1) is 18.3 Å². The molecule has 4 heteroatoms. The van der Waals surface area contributed by atoms with Crippen LogP contribution in [0.3, 0.4) is 0 Å². The van der Waals surface area contributed by atoms with Crippen molar-refractivity contribution in [2.75, 3.05) is 0 Å². The molecule has 31 heavy (non-hydrogen) atoms. The van der Waals surface area contributed by atoms with Crippen LogP contribution in [0.1, 0.15) is 58.5 Å². The Morgan fingerprint density at radius 2 is 1.87 bits per heavy atom. The van der Waals surface area contributed by atoms with E-state index in [2.05, 4.69) is 71.9 Å². The van der Waals surface area contributed by atoms with Gasteiger partial charge < -0.3 is 4.57 Å². The Morgan fingerprint density at radius 1 is 1.06 bits per heavy atom. The molecule has 0 N–H and O–H groups in total. The molecule has 1 atom stereocenters. The molecule has 4 nitrogen and oxygen atoms in total. The molecule has 0 saturated carbocycles. The van der Waals surface area contributed by atoms with Gasteiger partial charge >= 0.3 is 0 Å². The van der Waals surface area contributed by atoms with Crippen molar-refractivity contribution in [3.05, 3.63) is 93.9 Å². The van der Waals surface area contributed by atoms with Crippen LogP contribution < -0.4 is 0 Å². The number of nitriles is 1. The molecule has 0 spiro atoms. The summed E-state index contributed by atoms with van der Waals surface area (Å²) in [5.74, 6) is 1.22. The molecule has 1 aliphatic rings. The molecule has 0 radical (unpaired) electrons. The number of rotatable bonds is 4. The highest BCUT2D eigenvalue weighted by atomic mass is 15.1. The van der Waals surface area contributed by atoms with E-state index in [4.69, 9.17) is 4.98 Å². The summed E-state index contributed by atoms with van der Waals surface area (Å²) in [6.45, 7) is 5.00. The van der Waals surface area contributed by atoms with E-state index in [0.717, 1.165) is 48.4 Å². The molecule has 4 aromatic rings. The summed E-state index contributed by atoms with van der Waals surface area (Å²) >= 11 is 0. The first kappa shape index (κ1) is 19.5. The summed E-state index contributed by atoms with van der Waals surface area (Å²) in [6, 6.07) is 19.9.